The van der Waals surface area contributed by atoms with Gasteiger partial charge in [-0.05, 0) is 77.0 Å². The van der Waals surface area contributed by atoms with Crippen molar-refractivity contribution in [2.75, 3.05) is 0 Å². The second-order valence-corrected chi connectivity index (χ2v) is 6.02. The van der Waals surface area contributed by atoms with Gasteiger partial charge in [-0.1, -0.05) is 24.6 Å². The van der Waals surface area contributed by atoms with Crippen LogP contribution >= 0.6 is 27.5 Å². The first kappa shape index (κ1) is 14.5. The number of hydrogen-bond acceptors (Lipinski definition) is 1. The molecule has 0 saturated heterocycles. The lowest BCUT2D eigenvalue weighted by atomic mass is 9.98. The molecule has 2 rings (SSSR count). The Morgan fingerprint density at radius 2 is 1.84 bits per heavy atom. The van der Waals surface area contributed by atoms with Crippen LogP contribution in [0.25, 0.3) is 0 Å². The molecule has 0 aliphatic carbocycles. The number of aryl methyl sites for hydroxylation is 4. The normalized spacial score (nSPS) is 10.7. The summed E-state index contributed by atoms with van der Waals surface area (Å²) in [6.45, 7) is 4.24. The Morgan fingerprint density at radius 3 is 2.58 bits per heavy atom. The first-order valence-electron chi connectivity index (χ1n) is 6.48. The van der Waals surface area contributed by atoms with Crippen molar-refractivity contribution < 1.29 is 0 Å². The third kappa shape index (κ3) is 3.80. The molecule has 0 radical (unpaired) electrons. The molecule has 0 fully saturated rings. The number of hydrogen-bond donors (Lipinski definition) is 0. The average Bonchev–Trinajstić information content (AvgIpc) is 2.40. The maximum atomic E-state index is 6.09. The Labute approximate surface area is 128 Å². The van der Waals surface area contributed by atoms with E-state index in [0.717, 1.165) is 34.5 Å². The fraction of sp³-hybridized carbons (Fsp3) is 0.312. The SMILES string of the molecule is CCc1ccc(Cl)cc1CCc1cc(Br)cnc1C. The molecule has 100 valence electrons. The molecule has 1 aromatic carbocycles. The van der Waals surface area contributed by atoms with Gasteiger partial charge in [-0.2, -0.15) is 0 Å². The van der Waals surface area contributed by atoms with Crippen molar-refractivity contribution in [2.24, 2.45) is 0 Å². The molecule has 0 spiro atoms. The molecule has 19 heavy (non-hydrogen) atoms. The maximum absolute atomic E-state index is 6.09. The van der Waals surface area contributed by atoms with Gasteiger partial charge in [0.2, 0.25) is 0 Å². The molecule has 0 amide bonds. The van der Waals surface area contributed by atoms with Crippen LogP contribution in [-0.2, 0) is 19.3 Å². The Morgan fingerprint density at radius 1 is 1.11 bits per heavy atom. The van der Waals surface area contributed by atoms with E-state index in [1.165, 1.54) is 16.7 Å². The van der Waals surface area contributed by atoms with Crippen LogP contribution in [0.4, 0.5) is 0 Å². The third-order valence-electron chi connectivity index (χ3n) is 3.37. The van der Waals surface area contributed by atoms with Gasteiger partial charge in [0.15, 0.2) is 0 Å². The van der Waals surface area contributed by atoms with E-state index in [-0.39, 0.29) is 0 Å². The highest BCUT2D eigenvalue weighted by Crippen LogP contribution is 2.20. The van der Waals surface area contributed by atoms with E-state index < -0.39 is 0 Å². The topological polar surface area (TPSA) is 12.9 Å². The van der Waals surface area contributed by atoms with Gasteiger partial charge in [0.25, 0.3) is 0 Å². The fourth-order valence-corrected chi connectivity index (χ4v) is 2.82. The molecular weight excluding hydrogens is 322 g/mol. The summed E-state index contributed by atoms with van der Waals surface area (Å²) < 4.78 is 1.04. The fourth-order valence-electron chi connectivity index (χ4n) is 2.24. The molecule has 0 unspecified atom stereocenters. The molecule has 1 heterocycles. The first-order valence-corrected chi connectivity index (χ1v) is 7.65. The van der Waals surface area contributed by atoms with E-state index >= 15 is 0 Å². The second kappa shape index (κ2) is 6.53. The highest BCUT2D eigenvalue weighted by molar-refractivity contribution is 9.10. The third-order valence-corrected chi connectivity index (χ3v) is 4.04. The van der Waals surface area contributed by atoms with Crippen LogP contribution < -0.4 is 0 Å². The van der Waals surface area contributed by atoms with Crippen LogP contribution in [0.2, 0.25) is 5.02 Å². The minimum atomic E-state index is 0.816. The van der Waals surface area contributed by atoms with Gasteiger partial charge >= 0.3 is 0 Å². The second-order valence-electron chi connectivity index (χ2n) is 4.66. The molecular formula is C16H17BrClN. The zero-order valence-electron chi connectivity index (χ0n) is 11.2. The van der Waals surface area contributed by atoms with Crippen LogP contribution in [-0.4, -0.2) is 4.98 Å². The van der Waals surface area contributed by atoms with Crippen molar-refractivity contribution in [1.82, 2.24) is 4.98 Å². The number of nitrogens with zero attached hydrogens (tertiary/aromatic N) is 1. The largest absolute Gasteiger partial charge is 0.260 e. The number of benzene rings is 1. The highest BCUT2D eigenvalue weighted by atomic mass is 79.9. The zero-order chi connectivity index (χ0) is 13.8. The van der Waals surface area contributed by atoms with Crippen molar-refractivity contribution in [3.8, 4) is 0 Å². The molecule has 0 N–H and O–H groups in total. The van der Waals surface area contributed by atoms with Crippen molar-refractivity contribution in [1.29, 1.82) is 0 Å². The Balaban J connectivity index is 2.18. The molecule has 0 aliphatic heterocycles. The average molecular weight is 339 g/mol. The van der Waals surface area contributed by atoms with Crippen molar-refractivity contribution in [3.63, 3.8) is 0 Å². The lowest BCUT2D eigenvalue weighted by Crippen LogP contribution is -1.99. The van der Waals surface area contributed by atoms with E-state index in [2.05, 4.69) is 53.0 Å². The van der Waals surface area contributed by atoms with E-state index in [1.807, 2.05) is 12.3 Å². The maximum Gasteiger partial charge on any atom is 0.0413 e. The molecule has 0 aliphatic rings. The van der Waals surface area contributed by atoms with Crippen LogP contribution in [0.3, 0.4) is 0 Å². The number of rotatable bonds is 4. The van der Waals surface area contributed by atoms with E-state index in [0.29, 0.717) is 0 Å². The van der Waals surface area contributed by atoms with Crippen molar-refractivity contribution in [2.45, 2.75) is 33.1 Å². The van der Waals surface area contributed by atoms with Crippen LogP contribution in [0.1, 0.15) is 29.3 Å². The summed E-state index contributed by atoms with van der Waals surface area (Å²) in [7, 11) is 0. The van der Waals surface area contributed by atoms with Gasteiger partial charge < -0.3 is 0 Å². The van der Waals surface area contributed by atoms with Gasteiger partial charge in [0.05, 0.1) is 0 Å². The van der Waals surface area contributed by atoms with Crippen LogP contribution in [0, 0.1) is 6.92 Å². The summed E-state index contributed by atoms with van der Waals surface area (Å²) in [5.74, 6) is 0. The molecule has 3 heteroatoms. The standard InChI is InChI=1S/C16H17BrClN/c1-3-12-6-7-16(18)9-14(12)5-4-13-8-15(17)10-19-11(13)2/h6-10H,3-5H2,1-2H3. The van der Waals surface area contributed by atoms with Crippen LogP contribution in [0.15, 0.2) is 34.9 Å². The van der Waals surface area contributed by atoms with Gasteiger partial charge in [0.1, 0.15) is 0 Å². The summed E-state index contributed by atoms with van der Waals surface area (Å²) in [6, 6.07) is 8.33. The number of pyridine rings is 1. The predicted octanol–water partition coefficient (Wildman–Crippen LogP) is 5.15. The Bertz CT molecular complexity index is 581. The smallest absolute Gasteiger partial charge is 0.0413 e. The quantitative estimate of drug-likeness (QED) is 0.751. The predicted molar refractivity (Wildman–Crippen MR) is 84.9 cm³/mol. The summed E-state index contributed by atoms with van der Waals surface area (Å²) in [5.41, 5.74) is 5.11. The van der Waals surface area contributed by atoms with Gasteiger partial charge in [-0.15, -0.1) is 0 Å². The summed E-state index contributed by atoms with van der Waals surface area (Å²) in [4.78, 5) is 4.38. The summed E-state index contributed by atoms with van der Waals surface area (Å²) in [5, 5.41) is 0.816. The monoisotopic (exact) mass is 337 g/mol. The van der Waals surface area contributed by atoms with Gasteiger partial charge in [0, 0.05) is 21.4 Å². The van der Waals surface area contributed by atoms with E-state index in [9.17, 15) is 0 Å². The molecule has 0 saturated carbocycles. The van der Waals surface area contributed by atoms with Crippen molar-refractivity contribution >= 4 is 27.5 Å². The molecule has 0 atom stereocenters. The van der Waals surface area contributed by atoms with Crippen molar-refractivity contribution in [3.05, 3.63) is 62.3 Å². The lowest BCUT2D eigenvalue weighted by Gasteiger charge is -2.10. The first-order chi connectivity index (χ1) is 9.10. The summed E-state index contributed by atoms with van der Waals surface area (Å²) in [6.07, 6.45) is 4.88. The minimum Gasteiger partial charge on any atom is -0.260 e. The Hall–Kier alpha value is -0.860. The molecule has 1 aromatic heterocycles. The molecule has 0 bridgehead atoms. The number of halogens is 2. The van der Waals surface area contributed by atoms with Gasteiger partial charge in [-0.3, -0.25) is 4.98 Å². The number of aromatic nitrogens is 1. The minimum absolute atomic E-state index is 0.816. The van der Waals surface area contributed by atoms with Gasteiger partial charge in [-0.25, -0.2) is 0 Å². The summed E-state index contributed by atoms with van der Waals surface area (Å²) >= 11 is 9.57. The Kier molecular flexibility index (Phi) is 5.00. The van der Waals surface area contributed by atoms with E-state index in [4.69, 9.17) is 11.6 Å². The van der Waals surface area contributed by atoms with Crippen LogP contribution in [0.5, 0.6) is 0 Å². The molecule has 1 nitrogen and oxygen atoms in total. The molecule has 2 aromatic rings. The van der Waals surface area contributed by atoms with E-state index in [1.54, 1.807) is 0 Å². The lowest BCUT2D eigenvalue weighted by molar-refractivity contribution is 0.908. The zero-order valence-corrected chi connectivity index (χ0v) is 13.6. The highest BCUT2D eigenvalue weighted by Gasteiger charge is 2.05.